The van der Waals surface area contributed by atoms with Crippen LogP contribution in [-0.4, -0.2) is 41.6 Å². The molecule has 0 saturated carbocycles. The third-order valence-electron chi connectivity index (χ3n) is 4.95. The van der Waals surface area contributed by atoms with Gasteiger partial charge in [-0.25, -0.2) is 4.98 Å². The van der Waals surface area contributed by atoms with E-state index in [2.05, 4.69) is 39.5 Å². The molecule has 0 bridgehead atoms. The van der Waals surface area contributed by atoms with Crippen LogP contribution in [0.2, 0.25) is 0 Å². The monoisotopic (exact) mass is 364 g/mol. The van der Waals surface area contributed by atoms with Gasteiger partial charge in [0.15, 0.2) is 0 Å². The molecule has 3 aromatic rings. The lowest BCUT2D eigenvalue weighted by Crippen LogP contribution is -2.36. The summed E-state index contributed by atoms with van der Waals surface area (Å²) in [7, 11) is 0. The lowest BCUT2D eigenvalue weighted by Gasteiger charge is -2.29. The number of nitrogens with zero attached hydrogens (tertiary/aromatic N) is 3. The maximum absolute atomic E-state index is 12.6. The van der Waals surface area contributed by atoms with Gasteiger partial charge in [-0.05, 0) is 43.2 Å². The van der Waals surface area contributed by atoms with E-state index in [1.807, 2.05) is 36.6 Å². The zero-order valence-corrected chi connectivity index (χ0v) is 15.7. The Balaban J connectivity index is 1.44. The minimum Gasteiger partial charge on any atom is -0.378 e. The van der Waals surface area contributed by atoms with E-state index in [4.69, 9.17) is 4.74 Å². The van der Waals surface area contributed by atoms with Gasteiger partial charge in [-0.3, -0.25) is 4.79 Å². The van der Waals surface area contributed by atoms with Crippen molar-refractivity contribution < 1.29 is 9.53 Å². The molecule has 4 rings (SSSR count). The van der Waals surface area contributed by atoms with Gasteiger partial charge in [-0.15, -0.1) is 0 Å². The summed E-state index contributed by atoms with van der Waals surface area (Å²) in [5.74, 6) is -0.166. The summed E-state index contributed by atoms with van der Waals surface area (Å²) in [5.41, 5.74) is 4.59. The molecule has 1 atom stereocenters. The van der Waals surface area contributed by atoms with Crippen molar-refractivity contribution in [2.24, 2.45) is 0 Å². The molecule has 6 nitrogen and oxygen atoms in total. The molecule has 140 valence electrons. The second-order valence-electron chi connectivity index (χ2n) is 6.98. The highest BCUT2D eigenvalue weighted by molar-refractivity contribution is 5.93. The van der Waals surface area contributed by atoms with Gasteiger partial charge in [0.05, 0.1) is 19.3 Å². The summed E-state index contributed by atoms with van der Waals surface area (Å²) in [6.45, 7) is 7.38. The molecular formula is C21H24N4O2. The number of morpholine rings is 1. The highest BCUT2D eigenvalue weighted by Crippen LogP contribution is 2.20. The number of pyridine rings is 1. The van der Waals surface area contributed by atoms with Crippen LogP contribution < -0.4 is 10.2 Å². The number of imidazole rings is 1. The first-order valence-electron chi connectivity index (χ1n) is 9.29. The third kappa shape index (κ3) is 3.80. The molecule has 1 aliphatic heterocycles. The number of carbonyl (C=O) groups excluding carboxylic acids is 1. The summed E-state index contributed by atoms with van der Waals surface area (Å²) in [5, 5.41) is 3.04. The highest BCUT2D eigenvalue weighted by Gasteiger charge is 2.16. The largest absolute Gasteiger partial charge is 0.378 e. The Morgan fingerprint density at radius 1 is 1.11 bits per heavy atom. The van der Waals surface area contributed by atoms with Gasteiger partial charge in [0.25, 0.3) is 5.91 Å². The van der Waals surface area contributed by atoms with Gasteiger partial charge in [0.2, 0.25) is 0 Å². The number of nitrogens with one attached hydrogen (secondary N) is 1. The molecule has 2 aromatic heterocycles. The zero-order valence-electron chi connectivity index (χ0n) is 15.7. The average Bonchev–Trinajstić information content (AvgIpc) is 3.12. The van der Waals surface area contributed by atoms with E-state index in [9.17, 15) is 4.79 Å². The number of aromatic nitrogens is 2. The number of hydrogen-bond acceptors (Lipinski definition) is 4. The number of anilines is 1. The molecule has 1 N–H and O–H groups in total. The number of benzene rings is 1. The highest BCUT2D eigenvalue weighted by atomic mass is 16.5. The van der Waals surface area contributed by atoms with E-state index < -0.39 is 0 Å². The minimum absolute atomic E-state index is 0.0946. The standard InChI is InChI=1S/C21H24N4O2/c1-15-3-8-20-23-19(14-25(20)13-15)21(26)22-16(2)17-4-6-18(7-5-17)24-9-11-27-12-10-24/h3-8,13-14,16H,9-12H2,1-2H3,(H,22,26)/t16-/m1/s1. The van der Waals surface area contributed by atoms with Crippen molar-refractivity contribution in [1.29, 1.82) is 0 Å². The van der Waals surface area contributed by atoms with Crippen LogP contribution in [0.25, 0.3) is 5.65 Å². The van der Waals surface area contributed by atoms with Crippen molar-refractivity contribution in [2.75, 3.05) is 31.2 Å². The van der Waals surface area contributed by atoms with Crippen LogP contribution in [-0.2, 0) is 4.74 Å². The summed E-state index contributed by atoms with van der Waals surface area (Å²) in [6.07, 6.45) is 3.73. The number of aryl methyl sites for hydroxylation is 1. The predicted octanol–water partition coefficient (Wildman–Crippen LogP) is 2.97. The number of fused-ring (bicyclic) bond motifs is 1. The molecule has 1 aromatic carbocycles. The first-order chi connectivity index (χ1) is 13.1. The number of amides is 1. The Morgan fingerprint density at radius 2 is 1.85 bits per heavy atom. The Morgan fingerprint density at radius 3 is 2.59 bits per heavy atom. The number of rotatable bonds is 4. The fraction of sp³-hybridized carbons (Fsp3) is 0.333. The molecule has 0 radical (unpaired) electrons. The second kappa shape index (κ2) is 7.40. The maximum Gasteiger partial charge on any atom is 0.271 e. The van der Waals surface area contributed by atoms with Crippen molar-refractivity contribution in [2.45, 2.75) is 19.9 Å². The van der Waals surface area contributed by atoms with E-state index in [0.717, 1.165) is 43.1 Å². The Labute approximate surface area is 158 Å². The number of carbonyl (C=O) groups is 1. The Kier molecular flexibility index (Phi) is 4.81. The van der Waals surface area contributed by atoms with E-state index in [1.165, 1.54) is 5.69 Å². The summed E-state index contributed by atoms with van der Waals surface area (Å²) in [4.78, 5) is 19.3. The maximum atomic E-state index is 12.6. The molecule has 3 heterocycles. The van der Waals surface area contributed by atoms with Gasteiger partial charge in [0, 0.05) is 31.2 Å². The molecule has 0 aliphatic carbocycles. The molecule has 1 aliphatic rings. The van der Waals surface area contributed by atoms with Crippen molar-refractivity contribution in [3.8, 4) is 0 Å². The van der Waals surface area contributed by atoms with Crippen LogP contribution in [0, 0.1) is 6.92 Å². The third-order valence-corrected chi connectivity index (χ3v) is 4.95. The average molecular weight is 364 g/mol. The van der Waals surface area contributed by atoms with Crippen molar-refractivity contribution in [3.05, 3.63) is 65.6 Å². The normalized spacial score (nSPS) is 15.7. The quantitative estimate of drug-likeness (QED) is 0.773. The summed E-state index contributed by atoms with van der Waals surface area (Å²) in [6, 6.07) is 12.2. The van der Waals surface area contributed by atoms with Crippen LogP contribution in [0.1, 0.15) is 34.6 Å². The molecule has 6 heteroatoms. The first-order valence-corrected chi connectivity index (χ1v) is 9.29. The topological polar surface area (TPSA) is 58.9 Å². The first kappa shape index (κ1) is 17.5. The fourth-order valence-electron chi connectivity index (χ4n) is 3.36. The van der Waals surface area contributed by atoms with Crippen molar-refractivity contribution in [1.82, 2.24) is 14.7 Å². The number of hydrogen-bond donors (Lipinski definition) is 1. The molecule has 1 saturated heterocycles. The lowest BCUT2D eigenvalue weighted by molar-refractivity contribution is 0.0935. The number of ether oxygens (including phenoxy) is 1. The molecular weight excluding hydrogens is 340 g/mol. The Bertz CT molecular complexity index is 942. The summed E-state index contributed by atoms with van der Waals surface area (Å²) >= 11 is 0. The fourth-order valence-corrected chi connectivity index (χ4v) is 3.36. The molecule has 27 heavy (non-hydrogen) atoms. The lowest BCUT2D eigenvalue weighted by atomic mass is 10.1. The van der Waals surface area contributed by atoms with E-state index in [0.29, 0.717) is 5.69 Å². The van der Waals surface area contributed by atoms with Gasteiger partial charge >= 0.3 is 0 Å². The van der Waals surface area contributed by atoms with Crippen LogP contribution in [0.5, 0.6) is 0 Å². The van der Waals surface area contributed by atoms with E-state index in [-0.39, 0.29) is 11.9 Å². The van der Waals surface area contributed by atoms with Gasteiger partial charge < -0.3 is 19.4 Å². The SMILES string of the molecule is Cc1ccc2nc(C(=O)N[C@H](C)c3ccc(N4CCOCC4)cc3)cn2c1. The summed E-state index contributed by atoms with van der Waals surface area (Å²) < 4.78 is 7.28. The zero-order chi connectivity index (χ0) is 18.8. The molecule has 1 amide bonds. The van der Waals surface area contributed by atoms with E-state index >= 15 is 0 Å². The van der Waals surface area contributed by atoms with Crippen molar-refractivity contribution >= 4 is 17.2 Å². The van der Waals surface area contributed by atoms with Gasteiger partial charge in [-0.2, -0.15) is 0 Å². The smallest absolute Gasteiger partial charge is 0.271 e. The van der Waals surface area contributed by atoms with Crippen LogP contribution >= 0.6 is 0 Å². The van der Waals surface area contributed by atoms with Crippen LogP contribution in [0.3, 0.4) is 0 Å². The van der Waals surface area contributed by atoms with Gasteiger partial charge in [-0.1, -0.05) is 18.2 Å². The van der Waals surface area contributed by atoms with Crippen molar-refractivity contribution in [3.63, 3.8) is 0 Å². The van der Waals surface area contributed by atoms with Gasteiger partial charge in [0.1, 0.15) is 11.3 Å². The molecule has 1 fully saturated rings. The molecule has 0 spiro atoms. The Hall–Kier alpha value is -2.86. The van der Waals surface area contributed by atoms with Crippen LogP contribution in [0.4, 0.5) is 5.69 Å². The predicted molar refractivity (Wildman–Crippen MR) is 105 cm³/mol. The molecule has 0 unspecified atom stereocenters. The van der Waals surface area contributed by atoms with E-state index in [1.54, 1.807) is 6.20 Å². The van der Waals surface area contributed by atoms with Crippen LogP contribution in [0.15, 0.2) is 48.8 Å². The minimum atomic E-state index is -0.166. The second-order valence-corrected chi connectivity index (χ2v) is 6.98.